The number of nitrogens with zero attached hydrogens (tertiary/aromatic N) is 2. The molecule has 1 unspecified atom stereocenters. The highest BCUT2D eigenvalue weighted by Gasteiger charge is 2.29. The van der Waals surface area contributed by atoms with Crippen LogP contribution in [0.3, 0.4) is 0 Å². The van der Waals surface area contributed by atoms with Crippen LogP contribution >= 0.6 is 39.1 Å². The highest BCUT2D eigenvalue weighted by atomic mass is 79.9. The van der Waals surface area contributed by atoms with Crippen molar-refractivity contribution in [1.82, 2.24) is 4.98 Å². The third-order valence-corrected chi connectivity index (χ3v) is 5.02. The van der Waals surface area contributed by atoms with Crippen LogP contribution in [0.2, 0.25) is 10.0 Å². The molecule has 2 aromatic rings. The first-order valence-electron chi connectivity index (χ1n) is 7.39. The predicted molar refractivity (Wildman–Crippen MR) is 97.2 cm³/mol. The zero-order chi connectivity index (χ0) is 16.4. The van der Waals surface area contributed by atoms with Crippen LogP contribution in [-0.2, 0) is 11.2 Å². The lowest BCUT2D eigenvalue weighted by Gasteiger charge is -2.33. The minimum Gasteiger partial charge on any atom is -0.309 e. The summed E-state index contributed by atoms with van der Waals surface area (Å²) in [4.78, 5) is 18.5. The average molecular weight is 414 g/mol. The Kier molecular flexibility index (Phi) is 5.24. The number of aromatic nitrogens is 1. The van der Waals surface area contributed by atoms with Gasteiger partial charge in [-0.1, -0.05) is 45.2 Å². The van der Waals surface area contributed by atoms with Crippen LogP contribution in [0, 0.1) is 5.92 Å². The molecule has 0 saturated carbocycles. The van der Waals surface area contributed by atoms with Crippen molar-refractivity contribution in [2.45, 2.75) is 19.3 Å². The molecule has 6 heteroatoms. The zero-order valence-corrected chi connectivity index (χ0v) is 15.4. The fraction of sp³-hybridized carbons (Fsp3) is 0.294. The molecule has 120 valence electrons. The van der Waals surface area contributed by atoms with E-state index in [-0.39, 0.29) is 5.91 Å². The Bertz CT molecular complexity index is 701. The second kappa shape index (κ2) is 7.20. The molecule has 1 aliphatic heterocycles. The van der Waals surface area contributed by atoms with Gasteiger partial charge in [0, 0.05) is 29.3 Å². The first-order chi connectivity index (χ1) is 11.0. The fourth-order valence-corrected chi connectivity index (χ4v) is 4.32. The highest BCUT2D eigenvalue weighted by Crippen LogP contribution is 2.39. The van der Waals surface area contributed by atoms with Crippen LogP contribution in [0.5, 0.6) is 0 Å². The maximum Gasteiger partial charge on any atom is 0.227 e. The van der Waals surface area contributed by atoms with E-state index in [2.05, 4.69) is 20.9 Å². The van der Waals surface area contributed by atoms with Crippen molar-refractivity contribution in [3.05, 3.63) is 56.7 Å². The number of carbonyl (C=O) groups is 1. The smallest absolute Gasteiger partial charge is 0.227 e. The van der Waals surface area contributed by atoms with E-state index in [9.17, 15) is 4.79 Å². The van der Waals surface area contributed by atoms with Gasteiger partial charge in [-0.15, -0.1) is 0 Å². The zero-order valence-electron chi connectivity index (χ0n) is 12.3. The summed E-state index contributed by atoms with van der Waals surface area (Å²) < 4.78 is 0.797. The topological polar surface area (TPSA) is 33.2 Å². The number of benzene rings is 1. The van der Waals surface area contributed by atoms with Crippen LogP contribution in [0.25, 0.3) is 0 Å². The monoisotopic (exact) mass is 412 g/mol. The molecule has 1 atom stereocenters. The molecular formula is C17H15BrCl2N2O. The number of piperidine rings is 1. The van der Waals surface area contributed by atoms with E-state index in [4.69, 9.17) is 23.2 Å². The molecule has 3 nitrogen and oxygen atoms in total. The number of hydrogen-bond acceptors (Lipinski definition) is 2. The number of halogens is 3. The van der Waals surface area contributed by atoms with Gasteiger partial charge >= 0.3 is 0 Å². The van der Waals surface area contributed by atoms with Crippen molar-refractivity contribution >= 4 is 50.7 Å². The Morgan fingerprint density at radius 2 is 2.00 bits per heavy atom. The number of carbonyl (C=O) groups excluding carboxylic acids is 1. The molecule has 0 radical (unpaired) electrons. The summed E-state index contributed by atoms with van der Waals surface area (Å²) in [6.07, 6.45) is 4.00. The Labute approximate surface area is 153 Å². The summed E-state index contributed by atoms with van der Waals surface area (Å²) >= 11 is 16.0. The van der Waals surface area contributed by atoms with Crippen LogP contribution in [0.1, 0.15) is 18.5 Å². The molecule has 23 heavy (non-hydrogen) atoms. The average Bonchev–Trinajstić information content (AvgIpc) is 2.50. The van der Waals surface area contributed by atoms with Gasteiger partial charge in [0.25, 0.3) is 0 Å². The summed E-state index contributed by atoms with van der Waals surface area (Å²) in [7, 11) is 0. The quantitative estimate of drug-likeness (QED) is 0.698. The van der Waals surface area contributed by atoms with Gasteiger partial charge in [0.2, 0.25) is 5.91 Å². The molecule has 2 heterocycles. The van der Waals surface area contributed by atoms with E-state index in [1.807, 2.05) is 18.2 Å². The van der Waals surface area contributed by atoms with Crippen LogP contribution in [0.4, 0.5) is 5.69 Å². The van der Waals surface area contributed by atoms with Gasteiger partial charge in [0.15, 0.2) is 0 Å². The third-order valence-electron chi connectivity index (χ3n) is 3.98. The molecule has 1 aromatic heterocycles. The first-order valence-corrected chi connectivity index (χ1v) is 8.94. The number of rotatable bonds is 3. The lowest BCUT2D eigenvalue weighted by molar-refractivity contribution is -0.120. The fourth-order valence-electron chi connectivity index (χ4n) is 2.90. The van der Waals surface area contributed by atoms with E-state index >= 15 is 0 Å². The highest BCUT2D eigenvalue weighted by molar-refractivity contribution is 9.10. The standard InChI is InChI=1S/C17H15BrCl2N2O/c18-12-8-14(19)17(15(20)9-12)22-10-11(4-5-16(22)23)7-13-3-1-2-6-21-13/h1-3,6,8-9,11H,4-5,7,10H2. The summed E-state index contributed by atoms with van der Waals surface area (Å²) in [6.45, 7) is 0.608. The molecular weight excluding hydrogens is 399 g/mol. The third kappa shape index (κ3) is 3.87. The van der Waals surface area contributed by atoms with Crippen molar-refractivity contribution in [2.75, 3.05) is 11.4 Å². The minimum atomic E-state index is 0.0633. The van der Waals surface area contributed by atoms with Crippen LogP contribution < -0.4 is 4.90 Å². The second-order valence-electron chi connectivity index (χ2n) is 5.65. The van der Waals surface area contributed by atoms with Crippen molar-refractivity contribution < 1.29 is 4.79 Å². The summed E-state index contributed by atoms with van der Waals surface area (Å²) in [5, 5.41) is 0.965. The van der Waals surface area contributed by atoms with Gasteiger partial charge in [-0.2, -0.15) is 0 Å². The lowest BCUT2D eigenvalue weighted by atomic mass is 9.92. The van der Waals surface area contributed by atoms with Gasteiger partial charge in [0.1, 0.15) is 0 Å². The van der Waals surface area contributed by atoms with E-state index in [1.54, 1.807) is 23.2 Å². The van der Waals surface area contributed by atoms with E-state index in [0.29, 0.717) is 34.6 Å². The van der Waals surface area contributed by atoms with E-state index < -0.39 is 0 Å². The molecule has 0 N–H and O–H groups in total. The number of anilines is 1. The minimum absolute atomic E-state index is 0.0633. The molecule has 1 aromatic carbocycles. The molecule has 1 fully saturated rings. The first kappa shape index (κ1) is 16.7. The number of amides is 1. The van der Waals surface area contributed by atoms with Gasteiger partial charge in [-0.05, 0) is 43.0 Å². The summed E-state index contributed by atoms with van der Waals surface area (Å²) in [6, 6.07) is 9.43. The van der Waals surface area contributed by atoms with Crippen molar-refractivity contribution in [3.8, 4) is 0 Å². The molecule has 1 saturated heterocycles. The largest absolute Gasteiger partial charge is 0.309 e. The Balaban J connectivity index is 1.83. The van der Waals surface area contributed by atoms with Crippen molar-refractivity contribution in [1.29, 1.82) is 0 Å². The molecule has 1 aliphatic rings. The summed E-state index contributed by atoms with van der Waals surface area (Å²) in [5.74, 6) is 0.409. The van der Waals surface area contributed by atoms with Crippen LogP contribution in [-0.4, -0.2) is 17.4 Å². The van der Waals surface area contributed by atoms with E-state index in [1.165, 1.54) is 0 Å². The van der Waals surface area contributed by atoms with E-state index in [0.717, 1.165) is 23.0 Å². The lowest BCUT2D eigenvalue weighted by Crippen LogP contribution is -2.41. The Morgan fingerprint density at radius 3 is 2.65 bits per heavy atom. The second-order valence-corrected chi connectivity index (χ2v) is 7.38. The summed E-state index contributed by atoms with van der Waals surface area (Å²) in [5.41, 5.74) is 1.65. The molecule has 0 aliphatic carbocycles. The molecule has 0 bridgehead atoms. The van der Waals surface area contributed by atoms with Crippen molar-refractivity contribution in [3.63, 3.8) is 0 Å². The Hall–Kier alpha value is -1.10. The Morgan fingerprint density at radius 1 is 1.26 bits per heavy atom. The van der Waals surface area contributed by atoms with Gasteiger partial charge in [0.05, 0.1) is 15.7 Å². The van der Waals surface area contributed by atoms with Crippen LogP contribution in [0.15, 0.2) is 41.0 Å². The predicted octanol–water partition coefficient (Wildman–Crippen LogP) is 5.14. The van der Waals surface area contributed by atoms with Crippen molar-refractivity contribution in [2.24, 2.45) is 5.92 Å². The molecule has 1 amide bonds. The molecule has 0 spiro atoms. The number of pyridine rings is 1. The van der Waals surface area contributed by atoms with Gasteiger partial charge < -0.3 is 4.90 Å². The number of hydrogen-bond donors (Lipinski definition) is 0. The SMILES string of the molecule is O=C1CCC(Cc2ccccn2)CN1c1c(Cl)cc(Br)cc1Cl. The maximum absolute atomic E-state index is 12.4. The molecule has 3 rings (SSSR count). The maximum atomic E-state index is 12.4. The normalized spacial score (nSPS) is 18.3. The van der Waals surface area contributed by atoms with Gasteiger partial charge in [-0.25, -0.2) is 0 Å². The van der Waals surface area contributed by atoms with Gasteiger partial charge in [-0.3, -0.25) is 9.78 Å².